The number of para-hydroxylation sites is 1. The molecule has 0 N–H and O–H groups in total. The molecule has 2 heteroatoms. The quantitative estimate of drug-likeness (QED) is 0.725. The molecule has 0 bridgehead atoms. The fourth-order valence-electron chi connectivity index (χ4n) is 1.83. The molecule has 1 aromatic heterocycles. The van der Waals surface area contributed by atoms with Crippen molar-refractivity contribution in [3.8, 4) is 0 Å². The van der Waals surface area contributed by atoms with E-state index in [1.807, 2.05) is 26.2 Å². The van der Waals surface area contributed by atoms with Crippen molar-refractivity contribution < 1.29 is 0 Å². The van der Waals surface area contributed by atoms with Crippen LogP contribution in [-0.2, 0) is 0 Å². The number of anilines is 1. The van der Waals surface area contributed by atoms with Crippen molar-refractivity contribution in [2.45, 2.75) is 41.5 Å². The number of rotatable bonds is 1. The minimum Gasteiger partial charge on any atom is -0.377 e. The minimum atomic E-state index is 1.27. The summed E-state index contributed by atoms with van der Waals surface area (Å²) < 4.78 is 0. The Labute approximate surface area is 130 Å². The van der Waals surface area contributed by atoms with E-state index in [0.717, 1.165) is 0 Å². The van der Waals surface area contributed by atoms with Crippen LogP contribution in [0.15, 0.2) is 36.7 Å². The van der Waals surface area contributed by atoms with Gasteiger partial charge in [0.2, 0.25) is 0 Å². The molecule has 0 unspecified atom stereocenters. The van der Waals surface area contributed by atoms with Gasteiger partial charge in [-0.2, -0.15) is 0 Å². The van der Waals surface area contributed by atoms with E-state index in [1.54, 1.807) is 0 Å². The molecule has 2 rings (SSSR count). The number of nitrogens with zero attached hydrogens (tertiary/aromatic N) is 2. The van der Waals surface area contributed by atoms with Crippen LogP contribution >= 0.6 is 0 Å². The monoisotopic (exact) mass is 286 g/mol. The third-order valence-electron chi connectivity index (χ3n) is 3.32. The van der Waals surface area contributed by atoms with E-state index < -0.39 is 0 Å². The van der Waals surface area contributed by atoms with Gasteiger partial charge in [-0.15, -0.1) is 0 Å². The lowest BCUT2D eigenvalue weighted by molar-refractivity contribution is 1.11. The van der Waals surface area contributed by atoms with E-state index in [4.69, 9.17) is 0 Å². The number of hydrogen-bond acceptors (Lipinski definition) is 2. The summed E-state index contributed by atoms with van der Waals surface area (Å²) in [5, 5.41) is 0. The van der Waals surface area contributed by atoms with E-state index in [-0.39, 0.29) is 0 Å². The van der Waals surface area contributed by atoms with Crippen molar-refractivity contribution in [2.24, 2.45) is 0 Å². The highest BCUT2D eigenvalue weighted by Crippen LogP contribution is 2.15. The smallest absolute Gasteiger partial charge is 0.0390 e. The standard InChI is InChI=1S/C9H13N.C8H11N.C2H6/c1-8-6-4-5-7-9(8)10(2)3;1-6-4-9-5-7(2)8(6)3;1-2/h4-7H,1-3H3;4-5H,1-3H3;1-2H3. The molecule has 1 aromatic carbocycles. The Kier molecular flexibility index (Phi) is 9.11. The molecule has 0 aliphatic carbocycles. The largest absolute Gasteiger partial charge is 0.377 e. The van der Waals surface area contributed by atoms with E-state index >= 15 is 0 Å². The highest BCUT2D eigenvalue weighted by atomic mass is 15.1. The molecule has 2 aromatic rings. The van der Waals surface area contributed by atoms with E-state index in [1.165, 1.54) is 27.9 Å². The molecule has 116 valence electrons. The maximum atomic E-state index is 4.04. The first-order valence-corrected chi connectivity index (χ1v) is 7.54. The molecule has 1 heterocycles. The first-order chi connectivity index (χ1) is 9.93. The van der Waals surface area contributed by atoms with Crippen LogP contribution in [0.1, 0.15) is 36.1 Å². The van der Waals surface area contributed by atoms with Gasteiger partial charge in [0.05, 0.1) is 0 Å². The number of aryl methyl sites for hydroxylation is 3. The van der Waals surface area contributed by atoms with E-state index in [9.17, 15) is 0 Å². The second-order valence-corrected chi connectivity index (χ2v) is 5.08. The fourth-order valence-corrected chi connectivity index (χ4v) is 1.83. The summed E-state index contributed by atoms with van der Waals surface area (Å²) in [5.41, 5.74) is 6.52. The van der Waals surface area contributed by atoms with E-state index in [2.05, 4.69) is 75.9 Å². The minimum absolute atomic E-state index is 1.27. The Morgan fingerprint density at radius 1 is 0.762 bits per heavy atom. The van der Waals surface area contributed by atoms with Gasteiger partial charge in [-0.3, -0.25) is 4.98 Å². The number of aromatic nitrogens is 1. The zero-order chi connectivity index (χ0) is 16.4. The normalized spacial score (nSPS) is 8.95. The molecule has 0 radical (unpaired) electrons. The van der Waals surface area contributed by atoms with Gasteiger partial charge in [0.1, 0.15) is 0 Å². The van der Waals surface area contributed by atoms with Gasteiger partial charge in [-0.05, 0) is 56.0 Å². The summed E-state index contributed by atoms with van der Waals surface area (Å²) in [6.07, 6.45) is 3.78. The van der Waals surface area contributed by atoms with Gasteiger partial charge in [-0.25, -0.2) is 0 Å². The Hall–Kier alpha value is -1.83. The maximum Gasteiger partial charge on any atom is 0.0390 e. The summed E-state index contributed by atoms with van der Waals surface area (Å²) in [5.74, 6) is 0. The maximum absolute atomic E-state index is 4.04. The molecule has 0 atom stereocenters. The highest BCUT2D eigenvalue weighted by molar-refractivity contribution is 5.51. The van der Waals surface area contributed by atoms with Crippen molar-refractivity contribution in [3.63, 3.8) is 0 Å². The number of hydrogen-bond donors (Lipinski definition) is 0. The van der Waals surface area contributed by atoms with Crippen molar-refractivity contribution >= 4 is 5.69 Å². The summed E-state index contributed by atoms with van der Waals surface area (Å²) in [7, 11) is 4.12. The Bertz CT molecular complexity index is 511. The van der Waals surface area contributed by atoms with Crippen molar-refractivity contribution in [1.29, 1.82) is 0 Å². The lowest BCUT2D eigenvalue weighted by atomic mass is 10.1. The second-order valence-electron chi connectivity index (χ2n) is 5.08. The van der Waals surface area contributed by atoms with Gasteiger partial charge in [0.25, 0.3) is 0 Å². The lowest BCUT2D eigenvalue weighted by Crippen LogP contribution is -2.09. The van der Waals surface area contributed by atoms with Crippen molar-refractivity contribution in [1.82, 2.24) is 4.98 Å². The molecule has 21 heavy (non-hydrogen) atoms. The van der Waals surface area contributed by atoms with Crippen LogP contribution in [0.4, 0.5) is 5.69 Å². The molecule has 0 fully saturated rings. The molecule has 0 aliphatic heterocycles. The molecule has 0 aliphatic rings. The van der Waals surface area contributed by atoms with Crippen LogP contribution in [0.3, 0.4) is 0 Å². The van der Waals surface area contributed by atoms with Crippen LogP contribution in [-0.4, -0.2) is 19.1 Å². The van der Waals surface area contributed by atoms with Crippen LogP contribution in [0, 0.1) is 27.7 Å². The summed E-state index contributed by atoms with van der Waals surface area (Å²) in [4.78, 5) is 6.16. The zero-order valence-electron chi connectivity index (χ0n) is 14.9. The summed E-state index contributed by atoms with van der Waals surface area (Å²) >= 11 is 0. The third-order valence-corrected chi connectivity index (χ3v) is 3.32. The van der Waals surface area contributed by atoms with Gasteiger partial charge in [0, 0.05) is 32.2 Å². The molecular weight excluding hydrogens is 256 g/mol. The first kappa shape index (κ1) is 19.2. The Morgan fingerprint density at radius 2 is 1.24 bits per heavy atom. The van der Waals surface area contributed by atoms with Gasteiger partial charge < -0.3 is 4.90 Å². The molecule has 2 nitrogen and oxygen atoms in total. The number of pyridine rings is 1. The van der Waals surface area contributed by atoms with Gasteiger partial charge in [-0.1, -0.05) is 32.0 Å². The zero-order valence-corrected chi connectivity index (χ0v) is 14.9. The molecule has 0 saturated carbocycles. The molecule has 0 amide bonds. The average Bonchev–Trinajstić information content (AvgIpc) is 2.48. The fraction of sp³-hybridized carbons (Fsp3) is 0.421. The lowest BCUT2D eigenvalue weighted by Gasteiger charge is -2.14. The average molecular weight is 286 g/mol. The Morgan fingerprint density at radius 3 is 1.57 bits per heavy atom. The highest BCUT2D eigenvalue weighted by Gasteiger charge is 1.95. The SMILES string of the molecule is CC.Cc1ccccc1N(C)C.Cc1cncc(C)c1C. The second kappa shape index (κ2) is 9.98. The topological polar surface area (TPSA) is 16.1 Å². The van der Waals surface area contributed by atoms with E-state index in [0.29, 0.717) is 0 Å². The van der Waals surface area contributed by atoms with Crippen LogP contribution in [0.2, 0.25) is 0 Å². The Balaban J connectivity index is 0.000000342. The van der Waals surface area contributed by atoms with Crippen molar-refractivity contribution in [3.05, 3.63) is 58.9 Å². The van der Waals surface area contributed by atoms with Crippen LogP contribution < -0.4 is 4.90 Å². The summed E-state index contributed by atoms with van der Waals surface area (Å²) in [6.45, 7) is 12.4. The van der Waals surface area contributed by atoms with Gasteiger partial charge in [0.15, 0.2) is 0 Å². The molecule has 0 spiro atoms. The number of benzene rings is 1. The molecular formula is C19H30N2. The third kappa shape index (κ3) is 6.44. The molecule has 0 saturated heterocycles. The summed E-state index contributed by atoms with van der Waals surface area (Å²) in [6, 6.07) is 8.36. The van der Waals surface area contributed by atoms with Crippen LogP contribution in [0.5, 0.6) is 0 Å². The van der Waals surface area contributed by atoms with Crippen molar-refractivity contribution in [2.75, 3.05) is 19.0 Å². The van der Waals surface area contributed by atoms with Gasteiger partial charge >= 0.3 is 0 Å². The predicted octanol–water partition coefficient (Wildman–Crippen LogP) is 5.09. The first-order valence-electron chi connectivity index (χ1n) is 7.54. The predicted molar refractivity (Wildman–Crippen MR) is 95.3 cm³/mol. The van der Waals surface area contributed by atoms with Crippen LogP contribution in [0.25, 0.3) is 0 Å².